The van der Waals surface area contributed by atoms with Gasteiger partial charge >= 0.3 is 0 Å². The molecule has 4 heteroatoms. The van der Waals surface area contributed by atoms with E-state index in [9.17, 15) is 4.79 Å². The highest BCUT2D eigenvalue weighted by molar-refractivity contribution is 6.30. The lowest BCUT2D eigenvalue weighted by molar-refractivity contribution is -0.125. The first-order valence-corrected chi connectivity index (χ1v) is 5.21. The van der Waals surface area contributed by atoms with E-state index in [0.29, 0.717) is 11.6 Å². The monoisotopic (exact) mass is 224 g/mol. The molecule has 0 bridgehead atoms. The van der Waals surface area contributed by atoms with Crippen LogP contribution in [0.15, 0.2) is 24.3 Å². The summed E-state index contributed by atoms with van der Waals surface area (Å²) in [6.45, 7) is 4.51. The number of rotatable bonds is 1. The smallest absolute Gasteiger partial charge is 0.246 e. The quantitative estimate of drug-likeness (QED) is 0.794. The van der Waals surface area contributed by atoms with Gasteiger partial charge in [0.2, 0.25) is 5.91 Å². The molecule has 1 fully saturated rings. The second-order valence-corrected chi connectivity index (χ2v) is 4.83. The van der Waals surface area contributed by atoms with E-state index in [0.717, 1.165) is 5.69 Å². The summed E-state index contributed by atoms with van der Waals surface area (Å²) in [5.41, 5.74) is 3.40. The van der Waals surface area contributed by atoms with Crippen molar-refractivity contribution in [3.8, 4) is 0 Å². The molecule has 0 radical (unpaired) electrons. The molecule has 1 aliphatic heterocycles. The summed E-state index contributed by atoms with van der Waals surface area (Å²) >= 11 is 5.89. The number of nitrogens with zero attached hydrogens (tertiary/aromatic N) is 1. The average molecular weight is 225 g/mol. The van der Waals surface area contributed by atoms with Crippen LogP contribution in [0.4, 0.5) is 5.69 Å². The first kappa shape index (κ1) is 10.3. The zero-order chi connectivity index (χ0) is 11.1. The van der Waals surface area contributed by atoms with E-state index >= 15 is 0 Å². The third-order valence-electron chi connectivity index (χ3n) is 2.52. The van der Waals surface area contributed by atoms with E-state index in [1.807, 2.05) is 43.1 Å². The van der Waals surface area contributed by atoms with Gasteiger partial charge < -0.3 is 0 Å². The number of hydrogen-bond donors (Lipinski definition) is 1. The van der Waals surface area contributed by atoms with Crippen LogP contribution in [0, 0.1) is 5.41 Å². The highest BCUT2D eigenvalue weighted by Crippen LogP contribution is 2.27. The van der Waals surface area contributed by atoms with Gasteiger partial charge in [-0.25, -0.2) is 0 Å². The van der Waals surface area contributed by atoms with Crippen molar-refractivity contribution in [2.24, 2.45) is 5.41 Å². The molecule has 80 valence electrons. The summed E-state index contributed by atoms with van der Waals surface area (Å²) in [5, 5.41) is 2.50. The molecule has 3 nitrogen and oxygen atoms in total. The molecular formula is C11H13ClN2O. The highest BCUT2D eigenvalue weighted by Gasteiger charge is 2.37. The number of amides is 1. The summed E-state index contributed by atoms with van der Waals surface area (Å²) in [6.07, 6.45) is 0. The van der Waals surface area contributed by atoms with Gasteiger partial charge in [-0.3, -0.25) is 15.2 Å². The Morgan fingerprint density at radius 1 is 1.47 bits per heavy atom. The lowest BCUT2D eigenvalue weighted by atomic mass is 9.94. The van der Waals surface area contributed by atoms with Gasteiger partial charge in [0.05, 0.1) is 17.6 Å². The zero-order valence-corrected chi connectivity index (χ0v) is 9.51. The van der Waals surface area contributed by atoms with Gasteiger partial charge in [0.25, 0.3) is 0 Å². The van der Waals surface area contributed by atoms with Crippen molar-refractivity contribution in [3.05, 3.63) is 29.3 Å². The van der Waals surface area contributed by atoms with Crippen LogP contribution >= 0.6 is 11.6 Å². The maximum Gasteiger partial charge on any atom is 0.246 e. The van der Waals surface area contributed by atoms with Crippen LogP contribution in [-0.4, -0.2) is 12.5 Å². The standard InChI is InChI=1S/C11H13ClN2O/c1-11(2)7-14(13-10(11)15)9-5-3-4-8(12)6-9/h3-6H,7H2,1-2H3,(H,13,15). The summed E-state index contributed by atoms with van der Waals surface area (Å²) < 4.78 is 0. The minimum absolute atomic E-state index is 0.0440. The van der Waals surface area contributed by atoms with Crippen molar-refractivity contribution in [2.75, 3.05) is 11.6 Å². The van der Waals surface area contributed by atoms with Crippen molar-refractivity contribution in [2.45, 2.75) is 13.8 Å². The minimum Gasteiger partial charge on any atom is -0.284 e. The number of hydrazine groups is 1. The Bertz CT molecular complexity index is 403. The van der Waals surface area contributed by atoms with Crippen LogP contribution in [0.2, 0.25) is 5.02 Å². The summed E-state index contributed by atoms with van der Waals surface area (Å²) in [6, 6.07) is 7.44. The summed E-state index contributed by atoms with van der Waals surface area (Å²) in [7, 11) is 0. The molecule has 0 saturated carbocycles. The number of carbonyl (C=O) groups is 1. The second-order valence-electron chi connectivity index (χ2n) is 4.39. The van der Waals surface area contributed by atoms with Crippen molar-refractivity contribution < 1.29 is 4.79 Å². The second kappa shape index (κ2) is 3.42. The Kier molecular flexibility index (Phi) is 2.35. The van der Waals surface area contributed by atoms with Crippen molar-refractivity contribution in [1.29, 1.82) is 0 Å². The molecule has 2 rings (SSSR count). The molecule has 1 N–H and O–H groups in total. The molecule has 1 aromatic rings. The van der Waals surface area contributed by atoms with E-state index in [1.54, 1.807) is 0 Å². The van der Waals surface area contributed by atoms with Gasteiger partial charge in [-0.2, -0.15) is 0 Å². The van der Waals surface area contributed by atoms with E-state index < -0.39 is 0 Å². The Balaban J connectivity index is 2.25. The SMILES string of the molecule is CC1(C)CN(c2cccc(Cl)c2)NC1=O. The summed E-state index contributed by atoms with van der Waals surface area (Å²) in [4.78, 5) is 11.6. The van der Waals surface area contributed by atoms with E-state index in [2.05, 4.69) is 5.43 Å². The third kappa shape index (κ3) is 1.92. The van der Waals surface area contributed by atoms with Crippen LogP contribution < -0.4 is 10.4 Å². The van der Waals surface area contributed by atoms with E-state index in [1.165, 1.54) is 0 Å². The Morgan fingerprint density at radius 2 is 2.20 bits per heavy atom. The molecule has 0 aromatic heterocycles. The molecule has 15 heavy (non-hydrogen) atoms. The molecular weight excluding hydrogens is 212 g/mol. The first-order chi connectivity index (χ1) is 6.99. The molecule has 0 spiro atoms. The predicted molar refractivity (Wildman–Crippen MR) is 60.7 cm³/mol. The van der Waals surface area contributed by atoms with Crippen molar-refractivity contribution in [1.82, 2.24) is 5.43 Å². The fourth-order valence-electron chi connectivity index (χ4n) is 1.58. The fourth-order valence-corrected chi connectivity index (χ4v) is 1.76. The predicted octanol–water partition coefficient (Wildman–Crippen LogP) is 2.22. The zero-order valence-electron chi connectivity index (χ0n) is 8.75. The molecule has 1 aromatic carbocycles. The molecule has 0 aliphatic carbocycles. The Morgan fingerprint density at radius 3 is 2.73 bits per heavy atom. The molecule has 0 atom stereocenters. The number of anilines is 1. The molecule has 1 heterocycles. The number of carbonyl (C=O) groups excluding carboxylic acids is 1. The normalized spacial score (nSPS) is 19.1. The van der Waals surface area contributed by atoms with Crippen LogP contribution in [0.25, 0.3) is 0 Å². The van der Waals surface area contributed by atoms with Gasteiger partial charge in [0, 0.05) is 5.02 Å². The highest BCUT2D eigenvalue weighted by atomic mass is 35.5. The van der Waals surface area contributed by atoms with Gasteiger partial charge in [0.1, 0.15) is 0 Å². The first-order valence-electron chi connectivity index (χ1n) is 4.83. The van der Waals surface area contributed by atoms with E-state index in [-0.39, 0.29) is 11.3 Å². The van der Waals surface area contributed by atoms with Gasteiger partial charge in [0.15, 0.2) is 0 Å². The van der Waals surface area contributed by atoms with Gasteiger partial charge in [-0.05, 0) is 32.0 Å². The lowest BCUT2D eigenvalue weighted by Crippen LogP contribution is -2.33. The number of halogens is 1. The number of hydrogen-bond acceptors (Lipinski definition) is 2. The number of benzene rings is 1. The Labute approximate surface area is 94.0 Å². The largest absolute Gasteiger partial charge is 0.284 e. The molecule has 1 aliphatic rings. The third-order valence-corrected chi connectivity index (χ3v) is 2.76. The topological polar surface area (TPSA) is 32.3 Å². The lowest BCUT2D eigenvalue weighted by Gasteiger charge is -2.18. The van der Waals surface area contributed by atoms with Crippen LogP contribution in [0.5, 0.6) is 0 Å². The summed E-state index contributed by atoms with van der Waals surface area (Å²) in [5.74, 6) is 0.0440. The molecule has 1 saturated heterocycles. The number of nitrogens with one attached hydrogen (secondary N) is 1. The van der Waals surface area contributed by atoms with Crippen molar-refractivity contribution >= 4 is 23.2 Å². The van der Waals surface area contributed by atoms with Gasteiger partial charge in [-0.1, -0.05) is 17.7 Å². The van der Waals surface area contributed by atoms with Crippen LogP contribution in [-0.2, 0) is 4.79 Å². The molecule has 1 amide bonds. The average Bonchev–Trinajstić information content (AvgIpc) is 2.42. The maximum absolute atomic E-state index is 11.6. The molecule has 0 unspecified atom stereocenters. The van der Waals surface area contributed by atoms with Crippen molar-refractivity contribution in [3.63, 3.8) is 0 Å². The maximum atomic E-state index is 11.6. The van der Waals surface area contributed by atoms with Crippen LogP contribution in [0.3, 0.4) is 0 Å². The van der Waals surface area contributed by atoms with Gasteiger partial charge in [-0.15, -0.1) is 0 Å². The Hall–Kier alpha value is -1.22. The van der Waals surface area contributed by atoms with Crippen LogP contribution in [0.1, 0.15) is 13.8 Å². The minimum atomic E-state index is -0.345. The fraction of sp³-hybridized carbons (Fsp3) is 0.364. The van der Waals surface area contributed by atoms with E-state index in [4.69, 9.17) is 11.6 Å².